The van der Waals surface area contributed by atoms with Crippen LogP contribution in [-0.2, 0) is 4.74 Å². The second kappa shape index (κ2) is 5.20. The van der Waals surface area contributed by atoms with E-state index in [2.05, 4.69) is 11.9 Å². The van der Waals surface area contributed by atoms with Gasteiger partial charge < -0.3 is 4.74 Å². The molecule has 3 nitrogen and oxygen atoms in total. The number of hydrogen-bond acceptors (Lipinski definition) is 2. The van der Waals surface area contributed by atoms with Gasteiger partial charge in [-0.25, -0.2) is 4.79 Å². The maximum atomic E-state index is 11.3. The topological polar surface area (TPSA) is 38.3 Å². The van der Waals surface area contributed by atoms with Gasteiger partial charge >= 0.3 is 6.09 Å². The third kappa shape index (κ3) is 3.85. The summed E-state index contributed by atoms with van der Waals surface area (Å²) in [5, 5.41) is 2.63. The van der Waals surface area contributed by atoms with Crippen LogP contribution >= 0.6 is 0 Å². The van der Waals surface area contributed by atoms with Gasteiger partial charge in [-0.15, -0.1) is 0 Å². The van der Waals surface area contributed by atoms with E-state index in [9.17, 15) is 4.79 Å². The van der Waals surface area contributed by atoms with Gasteiger partial charge in [0.2, 0.25) is 0 Å². The monoisotopic (exact) mass is 205 g/mol. The van der Waals surface area contributed by atoms with Crippen LogP contribution in [0.4, 0.5) is 10.5 Å². The summed E-state index contributed by atoms with van der Waals surface area (Å²) in [4.78, 5) is 11.3. The van der Waals surface area contributed by atoms with Gasteiger partial charge in [0.15, 0.2) is 0 Å². The van der Waals surface area contributed by atoms with Crippen LogP contribution in [0.2, 0.25) is 0 Å². The number of anilines is 1. The minimum Gasteiger partial charge on any atom is -0.442 e. The van der Waals surface area contributed by atoms with Crippen molar-refractivity contribution in [2.45, 2.75) is 20.0 Å². The Hall–Kier alpha value is -1.77. The fourth-order valence-corrected chi connectivity index (χ4v) is 1.00. The van der Waals surface area contributed by atoms with Crippen LogP contribution in [0.15, 0.2) is 36.9 Å². The van der Waals surface area contributed by atoms with Gasteiger partial charge in [0, 0.05) is 5.69 Å². The summed E-state index contributed by atoms with van der Waals surface area (Å²) in [6.07, 6.45) is 0.816. The minimum absolute atomic E-state index is 0.282. The highest BCUT2D eigenvalue weighted by Crippen LogP contribution is 2.09. The highest BCUT2D eigenvalue weighted by molar-refractivity contribution is 5.84. The van der Waals surface area contributed by atoms with Crippen LogP contribution in [-0.4, -0.2) is 12.2 Å². The van der Waals surface area contributed by atoms with Crippen LogP contribution in [0.1, 0.15) is 12.5 Å². The van der Waals surface area contributed by atoms with E-state index in [0.717, 1.165) is 11.3 Å². The summed E-state index contributed by atoms with van der Waals surface area (Å²) >= 11 is 0. The molecule has 0 aliphatic heterocycles. The quantitative estimate of drug-likeness (QED) is 0.770. The molecule has 3 heteroatoms. The molecule has 0 aliphatic carbocycles. The molecule has 1 aromatic carbocycles. The van der Waals surface area contributed by atoms with Crippen molar-refractivity contribution in [3.05, 3.63) is 42.5 Å². The van der Waals surface area contributed by atoms with Crippen LogP contribution < -0.4 is 5.32 Å². The number of aryl methyl sites for hydroxylation is 1. The van der Waals surface area contributed by atoms with Crippen molar-refractivity contribution in [1.29, 1.82) is 0 Å². The van der Waals surface area contributed by atoms with Gasteiger partial charge in [0.1, 0.15) is 6.10 Å². The lowest BCUT2D eigenvalue weighted by Crippen LogP contribution is -2.18. The van der Waals surface area contributed by atoms with E-state index in [-0.39, 0.29) is 6.10 Å². The first kappa shape index (κ1) is 11.3. The normalized spacial score (nSPS) is 11.6. The van der Waals surface area contributed by atoms with Gasteiger partial charge in [0.25, 0.3) is 0 Å². The Kier molecular flexibility index (Phi) is 3.92. The fourth-order valence-electron chi connectivity index (χ4n) is 1.00. The lowest BCUT2D eigenvalue weighted by Gasteiger charge is -2.09. The zero-order valence-electron chi connectivity index (χ0n) is 8.99. The van der Waals surface area contributed by atoms with E-state index in [1.807, 2.05) is 31.2 Å². The van der Waals surface area contributed by atoms with E-state index in [1.54, 1.807) is 13.0 Å². The van der Waals surface area contributed by atoms with Gasteiger partial charge in [-0.1, -0.05) is 30.4 Å². The van der Waals surface area contributed by atoms with Crippen molar-refractivity contribution in [3.8, 4) is 0 Å². The van der Waals surface area contributed by atoms with Crippen LogP contribution in [0.3, 0.4) is 0 Å². The maximum Gasteiger partial charge on any atom is 0.412 e. The molecule has 0 spiro atoms. The molecule has 80 valence electrons. The predicted octanol–water partition coefficient (Wildman–Crippen LogP) is 3.12. The lowest BCUT2D eigenvalue weighted by atomic mass is 10.2. The van der Waals surface area contributed by atoms with E-state index in [1.165, 1.54) is 0 Å². The molecule has 1 N–H and O–H groups in total. The zero-order chi connectivity index (χ0) is 11.3. The number of nitrogens with one attached hydrogen (secondary N) is 1. The zero-order valence-corrected chi connectivity index (χ0v) is 8.99. The van der Waals surface area contributed by atoms with Crippen molar-refractivity contribution >= 4 is 11.8 Å². The Morgan fingerprint density at radius 2 is 2.07 bits per heavy atom. The Morgan fingerprint density at radius 1 is 1.47 bits per heavy atom. The lowest BCUT2D eigenvalue weighted by molar-refractivity contribution is 0.142. The van der Waals surface area contributed by atoms with Crippen LogP contribution in [0.25, 0.3) is 0 Å². The molecular formula is C12H15NO2. The van der Waals surface area contributed by atoms with E-state index < -0.39 is 6.09 Å². The molecule has 0 saturated heterocycles. The summed E-state index contributed by atoms with van der Waals surface area (Å²) in [5.74, 6) is 0. The average molecular weight is 205 g/mol. The Balaban J connectivity index is 2.51. The number of carbonyl (C=O) groups is 1. The maximum absolute atomic E-state index is 11.3. The number of hydrogen-bond donors (Lipinski definition) is 1. The van der Waals surface area contributed by atoms with E-state index >= 15 is 0 Å². The number of ether oxygens (including phenoxy) is 1. The number of rotatable bonds is 3. The SMILES string of the molecule is C=CC(C)OC(=O)Nc1ccc(C)cc1. The molecule has 0 bridgehead atoms. The van der Waals surface area contributed by atoms with Crippen molar-refractivity contribution in [2.75, 3.05) is 5.32 Å². The molecule has 15 heavy (non-hydrogen) atoms. The predicted molar refractivity (Wildman–Crippen MR) is 60.9 cm³/mol. The van der Waals surface area contributed by atoms with Crippen molar-refractivity contribution < 1.29 is 9.53 Å². The standard InChI is InChI=1S/C12H15NO2/c1-4-10(3)15-12(14)13-11-7-5-9(2)6-8-11/h4-8,10H,1H2,2-3H3,(H,13,14). The third-order valence-corrected chi connectivity index (χ3v) is 1.92. The van der Waals surface area contributed by atoms with E-state index in [4.69, 9.17) is 4.74 Å². The number of benzene rings is 1. The third-order valence-electron chi connectivity index (χ3n) is 1.92. The molecule has 1 amide bonds. The first-order valence-electron chi connectivity index (χ1n) is 4.78. The highest BCUT2D eigenvalue weighted by atomic mass is 16.6. The second-order valence-corrected chi connectivity index (χ2v) is 3.34. The van der Waals surface area contributed by atoms with E-state index in [0.29, 0.717) is 0 Å². The Labute approximate surface area is 89.8 Å². The molecule has 0 radical (unpaired) electrons. The summed E-state index contributed by atoms with van der Waals surface area (Å²) in [6.45, 7) is 7.27. The smallest absolute Gasteiger partial charge is 0.412 e. The van der Waals surface area contributed by atoms with Gasteiger partial charge in [0.05, 0.1) is 0 Å². The molecule has 0 saturated carbocycles. The molecule has 1 atom stereocenters. The van der Waals surface area contributed by atoms with Crippen molar-refractivity contribution in [2.24, 2.45) is 0 Å². The summed E-state index contributed by atoms with van der Waals surface area (Å²) < 4.78 is 4.97. The largest absolute Gasteiger partial charge is 0.442 e. The molecule has 0 aliphatic rings. The fraction of sp³-hybridized carbons (Fsp3) is 0.250. The minimum atomic E-state index is -0.466. The van der Waals surface area contributed by atoms with Crippen molar-refractivity contribution in [3.63, 3.8) is 0 Å². The second-order valence-electron chi connectivity index (χ2n) is 3.34. The highest BCUT2D eigenvalue weighted by Gasteiger charge is 2.05. The van der Waals surface area contributed by atoms with Crippen LogP contribution in [0.5, 0.6) is 0 Å². The van der Waals surface area contributed by atoms with Gasteiger partial charge in [-0.05, 0) is 26.0 Å². The van der Waals surface area contributed by atoms with Gasteiger partial charge in [-0.3, -0.25) is 5.32 Å². The van der Waals surface area contributed by atoms with Gasteiger partial charge in [-0.2, -0.15) is 0 Å². The number of carbonyl (C=O) groups excluding carboxylic acids is 1. The van der Waals surface area contributed by atoms with Crippen LogP contribution in [0, 0.1) is 6.92 Å². The molecule has 1 aromatic rings. The summed E-state index contributed by atoms with van der Waals surface area (Å²) in [6, 6.07) is 7.50. The molecule has 0 fully saturated rings. The summed E-state index contributed by atoms with van der Waals surface area (Å²) in [5.41, 5.74) is 1.87. The van der Waals surface area contributed by atoms with Crippen molar-refractivity contribution in [1.82, 2.24) is 0 Å². The average Bonchev–Trinajstić information content (AvgIpc) is 2.21. The Bertz CT molecular complexity index is 343. The number of amides is 1. The first-order valence-corrected chi connectivity index (χ1v) is 4.78. The molecule has 0 aromatic heterocycles. The molecule has 0 heterocycles. The summed E-state index contributed by atoms with van der Waals surface area (Å²) in [7, 11) is 0. The molecule has 1 unspecified atom stereocenters. The molecule has 1 rings (SSSR count). The Morgan fingerprint density at radius 3 is 2.60 bits per heavy atom. The first-order chi connectivity index (χ1) is 7.11. The molecular weight excluding hydrogens is 190 g/mol.